The van der Waals surface area contributed by atoms with E-state index in [1.165, 1.54) is 13.8 Å². The van der Waals surface area contributed by atoms with Gasteiger partial charge >= 0.3 is 11.9 Å². The molecule has 0 fully saturated rings. The lowest BCUT2D eigenvalue weighted by molar-refractivity contribution is -0.151. The molecule has 2 aromatic carbocycles. The Labute approximate surface area is 218 Å². The standard InChI is InChI=1S/C28H30N4O6/c1-15(2)23(37-17(5)33)25-29-21-13-9-7-11-19(21)27(35)31(25)32-26(24(16(3)4)38-18(6)34)30-22-14-10-8-12-20(22)28(32)36/h7-16,23-24H,1-6H3/t23-,24-/m0/s1. The van der Waals surface area contributed by atoms with Crippen LogP contribution in [0.5, 0.6) is 0 Å². The van der Waals surface area contributed by atoms with E-state index in [1.54, 1.807) is 48.5 Å². The maximum absolute atomic E-state index is 14.1. The van der Waals surface area contributed by atoms with Crippen LogP contribution in [0.2, 0.25) is 0 Å². The molecule has 4 rings (SSSR count). The quantitative estimate of drug-likeness (QED) is 0.337. The van der Waals surface area contributed by atoms with Crippen LogP contribution in [-0.4, -0.2) is 31.3 Å². The number of benzene rings is 2. The number of ether oxygens (including phenoxy) is 2. The molecule has 2 atom stereocenters. The van der Waals surface area contributed by atoms with Crippen molar-refractivity contribution < 1.29 is 19.1 Å². The Balaban J connectivity index is 2.23. The molecule has 0 saturated carbocycles. The number of carbonyl (C=O) groups excluding carboxylic acids is 2. The van der Waals surface area contributed by atoms with Crippen molar-refractivity contribution in [3.05, 3.63) is 80.9 Å². The van der Waals surface area contributed by atoms with E-state index in [1.807, 2.05) is 27.7 Å². The van der Waals surface area contributed by atoms with Gasteiger partial charge in [-0.25, -0.2) is 9.97 Å². The van der Waals surface area contributed by atoms with Gasteiger partial charge in [0.05, 0.1) is 21.8 Å². The van der Waals surface area contributed by atoms with E-state index in [-0.39, 0.29) is 34.3 Å². The number of carbonyl (C=O) groups is 2. The van der Waals surface area contributed by atoms with Gasteiger partial charge in [0, 0.05) is 13.8 Å². The number of hydrogen-bond donors (Lipinski definition) is 0. The molecule has 10 heteroatoms. The van der Waals surface area contributed by atoms with Gasteiger partial charge in [0.15, 0.2) is 23.9 Å². The zero-order valence-electron chi connectivity index (χ0n) is 22.2. The lowest BCUT2D eigenvalue weighted by atomic mass is 10.1. The molecule has 198 valence electrons. The Bertz CT molecular complexity index is 1530. The fourth-order valence-corrected chi connectivity index (χ4v) is 4.37. The van der Waals surface area contributed by atoms with Gasteiger partial charge in [0.1, 0.15) is 0 Å². The third-order valence-electron chi connectivity index (χ3n) is 6.06. The van der Waals surface area contributed by atoms with Gasteiger partial charge in [-0.05, 0) is 36.1 Å². The van der Waals surface area contributed by atoms with Crippen molar-refractivity contribution in [2.45, 2.75) is 53.8 Å². The zero-order chi connectivity index (χ0) is 27.7. The Morgan fingerprint density at radius 1 is 0.658 bits per heavy atom. The third kappa shape index (κ3) is 4.93. The number of para-hydroxylation sites is 2. The molecular weight excluding hydrogens is 488 g/mol. The first-order valence-corrected chi connectivity index (χ1v) is 12.4. The normalized spacial score (nSPS) is 13.2. The summed E-state index contributed by atoms with van der Waals surface area (Å²) < 4.78 is 13.4. The van der Waals surface area contributed by atoms with Crippen LogP contribution in [-0.2, 0) is 19.1 Å². The largest absolute Gasteiger partial charge is 0.454 e. The number of rotatable bonds is 7. The van der Waals surface area contributed by atoms with Gasteiger partial charge < -0.3 is 9.47 Å². The number of esters is 2. The first kappa shape index (κ1) is 26.7. The van der Waals surface area contributed by atoms with E-state index >= 15 is 0 Å². The first-order valence-electron chi connectivity index (χ1n) is 12.4. The number of nitrogens with zero attached hydrogens (tertiary/aromatic N) is 4. The van der Waals surface area contributed by atoms with E-state index in [0.717, 1.165) is 9.35 Å². The minimum absolute atomic E-state index is 0.0460. The highest BCUT2D eigenvalue weighted by atomic mass is 16.5. The van der Waals surface area contributed by atoms with E-state index < -0.39 is 35.3 Å². The van der Waals surface area contributed by atoms with Crippen molar-refractivity contribution in [2.75, 3.05) is 0 Å². The second-order valence-corrected chi connectivity index (χ2v) is 9.76. The molecule has 10 nitrogen and oxygen atoms in total. The van der Waals surface area contributed by atoms with E-state index in [9.17, 15) is 19.2 Å². The van der Waals surface area contributed by atoms with Gasteiger partial charge in [-0.3, -0.25) is 19.2 Å². The zero-order valence-corrected chi connectivity index (χ0v) is 22.2. The van der Waals surface area contributed by atoms with Gasteiger partial charge in [-0.15, -0.1) is 0 Å². The summed E-state index contributed by atoms with van der Waals surface area (Å²) in [5.74, 6) is -1.65. The maximum Gasteiger partial charge on any atom is 0.303 e. The summed E-state index contributed by atoms with van der Waals surface area (Å²) in [6, 6.07) is 13.4. The first-order chi connectivity index (χ1) is 18.0. The molecule has 0 spiro atoms. The monoisotopic (exact) mass is 518 g/mol. The van der Waals surface area contributed by atoms with Crippen molar-refractivity contribution >= 4 is 33.7 Å². The minimum atomic E-state index is -0.970. The van der Waals surface area contributed by atoms with Crippen LogP contribution >= 0.6 is 0 Å². The van der Waals surface area contributed by atoms with Crippen molar-refractivity contribution in [2.24, 2.45) is 11.8 Å². The van der Waals surface area contributed by atoms with Crippen LogP contribution in [0.4, 0.5) is 0 Å². The maximum atomic E-state index is 14.1. The highest BCUT2D eigenvalue weighted by Crippen LogP contribution is 2.29. The van der Waals surface area contributed by atoms with E-state index in [4.69, 9.17) is 19.4 Å². The Hall–Kier alpha value is -4.34. The average molecular weight is 519 g/mol. The molecule has 0 radical (unpaired) electrons. The summed E-state index contributed by atoms with van der Waals surface area (Å²) in [4.78, 5) is 61.8. The second kappa shape index (κ2) is 10.6. The van der Waals surface area contributed by atoms with Crippen molar-refractivity contribution in [3.63, 3.8) is 0 Å². The molecular formula is C28H30N4O6. The van der Waals surface area contributed by atoms with Crippen LogP contribution in [0.25, 0.3) is 21.8 Å². The molecule has 0 unspecified atom stereocenters. The summed E-state index contributed by atoms with van der Waals surface area (Å²) in [7, 11) is 0. The molecule has 0 saturated heterocycles. The fraction of sp³-hybridized carbons (Fsp3) is 0.357. The van der Waals surface area contributed by atoms with Gasteiger partial charge in [0.2, 0.25) is 0 Å². The predicted octanol–water partition coefficient (Wildman–Crippen LogP) is 3.94. The molecule has 2 aromatic heterocycles. The SMILES string of the molecule is CC(=O)O[C@H](c1nc2ccccc2c(=O)n1-n1c([C@@H](OC(C)=O)C(C)C)nc2ccccc2c1=O)C(C)C. The van der Waals surface area contributed by atoms with E-state index in [2.05, 4.69) is 0 Å². The molecule has 0 amide bonds. The summed E-state index contributed by atoms with van der Waals surface area (Å²) >= 11 is 0. The topological polar surface area (TPSA) is 122 Å². The van der Waals surface area contributed by atoms with Gasteiger partial charge in [-0.2, -0.15) is 9.35 Å². The predicted molar refractivity (Wildman–Crippen MR) is 141 cm³/mol. The fourth-order valence-electron chi connectivity index (χ4n) is 4.37. The molecule has 0 aliphatic heterocycles. The van der Waals surface area contributed by atoms with Crippen LogP contribution in [0.15, 0.2) is 58.1 Å². The highest BCUT2D eigenvalue weighted by molar-refractivity contribution is 5.79. The molecule has 0 aliphatic rings. The number of fused-ring (bicyclic) bond motifs is 2. The van der Waals surface area contributed by atoms with Gasteiger partial charge in [0.25, 0.3) is 11.1 Å². The van der Waals surface area contributed by atoms with Gasteiger partial charge in [-0.1, -0.05) is 52.0 Å². The van der Waals surface area contributed by atoms with Crippen molar-refractivity contribution in [1.29, 1.82) is 0 Å². The summed E-state index contributed by atoms with van der Waals surface area (Å²) in [5.41, 5.74) is -0.362. The second-order valence-electron chi connectivity index (χ2n) is 9.76. The van der Waals surface area contributed by atoms with Crippen molar-refractivity contribution in [1.82, 2.24) is 19.3 Å². The molecule has 0 aliphatic carbocycles. The smallest absolute Gasteiger partial charge is 0.303 e. The highest BCUT2D eigenvalue weighted by Gasteiger charge is 2.32. The third-order valence-corrected chi connectivity index (χ3v) is 6.06. The van der Waals surface area contributed by atoms with Crippen LogP contribution in [0, 0.1) is 11.8 Å². The Kier molecular flexibility index (Phi) is 7.43. The van der Waals surface area contributed by atoms with Crippen molar-refractivity contribution in [3.8, 4) is 0 Å². The average Bonchev–Trinajstić information content (AvgIpc) is 2.86. The number of aromatic nitrogens is 4. The summed E-state index contributed by atoms with van der Waals surface area (Å²) in [6.07, 6.45) is -1.94. The molecule has 2 heterocycles. The summed E-state index contributed by atoms with van der Waals surface area (Å²) in [6.45, 7) is 9.80. The molecule has 38 heavy (non-hydrogen) atoms. The van der Waals surface area contributed by atoms with E-state index in [0.29, 0.717) is 11.0 Å². The Morgan fingerprint density at radius 3 is 1.32 bits per heavy atom. The Morgan fingerprint density at radius 2 is 1.00 bits per heavy atom. The lowest BCUT2D eigenvalue weighted by Crippen LogP contribution is -2.43. The number of hydrogen-bond acceptors (Lipinski definition) is 8. The van der Waals surface area contributed by atoms with Crippen LogP contribution in [0.1, 0.15) is 65.4 Å². The summed E-state index contributed by atoms with van der Waals surface area (Å²) in [5, 5.41) is 0.502. The van der Waals surface area contributed by atoms with Crippen LogP contribution < -0.4 is 11.1 Å². The molecule has 4 aromatic rings. The van der Waals surface area contributed by atoms with Crippen LogP contribution in [0.3, 0.4) is 0 Å². The minimum Gasteiger partial charge on any atom is -0.454 e. The molecule has 0 N–H and O–H groups in total. The lowest BCUT2D eigenvalue weighted by Gasteiger charge is -2.28. The molecule has 0 bridgehead atoms.